The van der Waals surface area contributed by atoms with Gasteiger partial charge in [-0.05, 0) is 69.1 Å². The minimum absolute atomic E-state index is 0.00618. The van der Waals surface area contributed by atoms with Crippen LogP contribution in [0.2, 0.25) is 0 Å². The molecule has 0 spiro atoms. The molecule has 2 N–H and O–H groups in total. The highest BCUT2D eigenvalue weighted by molar-refractivity contribution is 7.71. The van der Waals surface area contributed by atoms with E-state index in [1.165, 1.54) is 25.7 Å². The first-order valence-corrected chi connectivity index (χ1v) is 9.93. The SMILES string of the molecule is Cc1cccc(-c2n[nH]c(=S)n2CC(=O)N[C@H](C)[C@@H]2C[C@H]3CC[C@H]2C3)c1. The van der Waals surface area contributed by atoms with Gasteiger partial charge >= 0.3 is 0 Å². The number of carbonyl (C=O) groups is 1. The normalized spacial score (nSPS) is 25.4. The molecular weight excluding hydrogens is 344 g/mol. The highest BCUT2D eigenvalue weighted by atomic mass is 32.1. The van der Waals surface area contributed by atoms with Gasteiger partial charge in [-0.15, -0.1) is 0 Å². The molecule has 1 amide bonds. The molecule has 2 aliphatic rings. The minimum atomic E-state index is 0.00618. The van der Waals surface area contributed by atoms with Crippen molar-refractivity contribution in [1.29, 1.82) is 0 Å². The molecule has 0 aliphatic heterocycles. The van der Waals surface area contributed by atoms with Crippen molar-refractivity contribution in [2.45, 2.75) is 52.1 Å². The number of H-pyrrole nitrogens is 1. The summed E-state index contributed by atoms with van der Waals surface area (Å²) in [5, 5.41) is 10.4. The van der Waals surface area contributed by atoms with E-state index in [0.717, 1.165) is 23.0 Å². The van der Waals surface area contributed by atoms with Crippen LogP contribution < -0.4 is 5.32 Å². The molecule has 26 heavy (non-hydrogen) atoms. The topological polar surface area (TPSA) is 62.7 Å². The second kappa shape index (κ2) is 6.99. The molecule has 1 aromatic heterocycles. The largest absolute Gasteiger partial charge is 0.352 e. The number of aromatic amines is 1. The maximum absolute atomic E-state index is 12.7. The molecule has 2 aromatic rings. The standard InChI is InChI=1S/C20H26N4OS/c1-12-4-3-5-16(8-12)19-22-23-20(26)24(19)11-18(25)21-13(2)17-10-14-6-7-15(17)9-14/h3-5,8,13-15,17H,6-7,9-11H2,1-2H3,(H,21,25)(H,23,26)/t13-,14+,15+,17+/m1/s1. The summed E-state index contributed by atoms with van der Waals surface area (Å²) in [5.41, 5.74) is 2.11. The predicted octanol–water partition coefficient (Wildman–Crippen LogP) is 3.86. The van der Waals surface area contributed by atoms with E-state index >= 15 is 0 Å². The van der Waals surface area contributed by atoms with Gasteiger partial charge in [0.1, 0.15) is 6.54 Å². The van der Waals surface area contributed by atoms with E-state index in [1.807, 2.05) is 25.1 Å². The quantitative estimate of drug-likeness (QED) is 0.786. The van der Waals surface area contributed by atoms with Crippen LogP contribution in [0, 0.1) is 29.4 Å². The lowest BCUT2D eigenvalue weighted by atomic mass is 9.84. The van der Waals surface area contributed by atoms with Crippen LogP contribution in [0.25, 0.3) is 11.4 Å². The Labute approximate surface area is 159 Å². The Balaban J connectivity index is 1.46. The molecule has 138 valence electrons. The van der Waals surface area contributed by atoms with Crippen molar-refractivity contribution in [3.05, 3.63) is 34.6 Å². The maximum atomic E-state index is 12.7. The number of amides is 1. The van der Waals surface area contributed by atoms with Crippen molar-refractivity contribution in [3.63, 3.8) is 0 Å². The number of aryl methyl sites for hydroxylation is 1. The molecule has 6 heteroatoms. The van der Waals surface area contributed by atoms with Gasteiger partial charge in [0.25, 0.3) is 0 Å². The van der Waals surface area contributed by atoms with Crippen LogP contribution in [0.4, 0.5) is 0 Å². The molecule has 0 unspecified atom stereocenters. The Morgan fingerprint density at radius 1 is 1.42 bits per heavy atom. The maximum Gasteiger partial charge on any atom is 0.240 e. The van der Waals surface area contributed by atoms with Crippen LogP contribution in [-0.2, 0) is 11.3 Å². The predicted molar refractivity (Wildman–Crippen MR) is 104 cm³/mol. The van der Waals surface area contributed by atoms with Crippen molar-refractivity contribution >= 4 is 18.1 Å². The van der Waals surface area contributed by atoms with Crippen LogP contribution in [0.3, 0.4) is 0 Å². The summed E-state index contributed by atoms with van der Waals surface area (Å²) in [5.74, 6) is 3.04. The number of aromatic nitrogens is 3. The molecular formula is C20H26N4OS. The molecule has 5 nitrogen and oxygen atoms in total. The minimum Gasteiger partial charge on any atom is -0.352 e. The van der Waals surface area contributed by atoms with E-state index in [4.69, 9.17) is 12.2 Å². The van der Waals surface area contributed by atoms with Gasteiger partial charge in [0, 0.05) is 11.6 Å². The van der Waals surface area contributed by atoms with Crippen molar-refractivity contribution in [3.8, 4) is 11.4 Å². The Hall–Kier alpha value is -1.95. The fourth-order valence-corrected chi connectivity index (χ4v) is 5.12. The summed E-state index contributed by atoms with van der Waals surface area (Å²) in [6, 6.07) is 8.30. The summed E-state index contributed by atoms with van der Waals surface area (Å²) >= 11 is 5.35. The van der Waals surface area contributed by atoms with Gasteiger partial charge < -0.3 is 5.32 Å². The second-order valence-corrected chi connectivity index (χ2v) is 8.39. The third kappa shape index (κ3) is 3.34. The first kappa shape index (κ1) is 17.5. The molecule has 0 radical (unpaired) electrons. The Kier molecular flexibility index (Phi) is 4.69. The fourth-order valence-electron chi connectivity index (χ4n) is 4.93. The summed E-state index contributed by atoms with van der Waals surface area (Å²) in [6.07, 6.45) is 5.34. The summed E-state index contributed by atoms with van der Waals surface area (Å²) in [4.78, 5) is 12.7. The molecule has 2 aliphatic carbocycles. The number of hydrogen-bond donors (Lipinski definition) is 2. The van der Waals surface area contributed by atoms with Crippen LogP contribution in [0.1, 0.15) is 38.2 Å². The fraction of sp³-hybridized carbons (Fsp3) is 0.550. The molecule has 2 fully saturated rings. The zero-order chi connectivity index (χ0) is 18.3. The van der Waals surface area contributed by atoms with E-state index in [0.29, 0.717) is 16.5 Å². The number of carbonyl (C=O) groups excluding carboxylic acids is 1. The third-order valence-electron chi connectivity index (χ3n) is 6.16. The summed E-state index contributed by atoms with van der Waals surface area (Å²) in [6.45, 7) is 4.39. The van der Waals surface area contributed by atoms with Gasteiger partial charge in [-0.25, -0.2) is 0 Å². The molecule has 0 saturated heterocycles. The second-order valence-electron chi connectivity index (χ2n) is 8.00. The van der Waals surface area contributed by atoms with Gasteiger partial charge in [-0.3, -0.25) is 14.5 Å². The molecule has 2 saturated carbocycles. The third-order valence-corrected chi connectivity index (χ3v) is 6.47. The van der Waals surface area contributed by atoms with Crippen LogP contribution >= 0.6 is 12.2 Å². The number of fused-ring (bicyclic) bond motifs is 2. The molecule has 4 atom stereocenters. The number of nitrogens with zero attached hydrogens (tertiary/aromatic N) is 2. The van der Waals surface area contributed by atoms with E-state index in [-0.39, 0.29) is 18.5 Å². The van der Waals surface area contributed by atoms with Crippen LogP contribution in [0.5, 0.6) is 0 Å². The lowest BCUT2D eigenvalue weighted by Crippen LogP contribution is -2.41. The van der Waals surface area contributed by atoms with Crippen LogP contribution in [-0.4, -0.2) is 26.7 Å². The van der Waals surface area contributed by atoms with Gasteiger partial charge in [0.15, 0.2) is 10.6 Å². The number of nitrogens with one attached hydrogen (secondary N) is 2. The molecule has 1 heterocycles. The van der Waals surface area contributed by atoms with E-state index < -0.39 is 0 Å². The summed E-state index contributed by atoms with van der Waals surface area (Å²) in [7, 11) is 0. The smallest absolute Gasteiger partial charge is 0.240 e. The van der Waals surface area contributed by atoms with E-state index in [2.05, 4.69) is 28.5 Å². The number of hydrogen-bond acceptors (Lipinski definition) is 3. The Morgan fingerprint density at radius 3 is 2.96 bits per heavy atom. The van der Waals surface area contributed by atoms with E-state index in [1.54, 1.807) is 4.57 Å². The highest BCUT2D eigenvalue weighted by Gasteiger charge is 2.42. The Morgan fingerprint density at radius 2 is 2.27 bits per heavy atom. The first-order chi connectivity index (χ1) is 12.5. The summed E-state index contributed by atoms with van der Waals surface area (Å²) < 4.78 is 2.26. The van der Waals surface area contributed by atoms with Crippen molar-refractivity contribution in [2.75, 3.05) is 0 Å². The van der Waals surface area contributed by atoms with Crippen molar-refractivity contribution < 1.29 is 4.79 Å². The zero-order valence-corrected chi connectivity index (χ0v) is 16.2. The average Bonchev–Trinajstić information content (AvgIpc) is 3.32. The van der Waals surface area contributed by atoms with Gasteiger partial charge in [-0.1, -0.05) is 30.2 Å². The zero-order valence-electron chi connectivity index (χ0n) is 15.4. The van der Waals surface area contributed by atoms with Crippen molar-refractivity contribution in [2.24, 2.45) is 17.8 Å². The van der Waals surface area contributed by atoms with Gasteiger partial charge in [0.05, 0.1) is 0 Å². The number of benzene rings is 1. The van der Waals surface area contributed by atoms with Gasteiger partial charge in [-0.2, -0.15) is 5.10 Å². The number of rotatable bonds is 5. The molecule has 4 rings (SSSR count). The van der Waals surface area contributed by atoms with Gasteiger partial charge in [0.2, 0.25) is 5.91 Å². The average molecular weight is 371 g/mol. The first-order valence-electron chi connectivity index (χ1n) is 9.53. The lowest BCUT2D eigenvalue weighted by Gasteiger charge is -2.28. The molecule has 1 aromatic carbocycles. The lowest BCUT2D eigenvalue weighted by molar-refractivity contribution is -0.122. The van der Waals surface area contributed by atoms with Crippen LogP contribution in [0.15, 0.2) is 24.3 Å². The van der Waals surface area contributed by atoms with Crippen molar-refractivity contribution in [1.82, 2.24) is 20.1 Å². The molecule has 2 bridgehead atoms. The Bertz CT molecular complexity index is 871. The van der Waals surface area contributed by atoms with E-state index in [9.17, 15) is 4.79 Å². The highest BCUT2D eigenvalue weighted by Crippen LogP contribution is 2.49. The monoisotopic (exact) mass is 370 g/mol.